The molecule has 1 heterocycles. The summed E-state index contributed by atoms with van der Waals surface area (Å²) in [5.74, 6) is -0.827. The normalized spacial score (nSPS) is 24.6. The zero-order chi connectivity index (χ0) is 20.5. The molecule has 1 aliphatic heterocycles. The Balaban J connectivity index is 1.78. The van der Waals surface area contributed by atoms with E-state index >= 15 is 0 Å². The first-order valence-corrected chi connectivity index (χ1v) is 10.3. The summed E-state index contributed by atoms with van der Waals surface area (Å²) in [4.78, 5) is 26.4. The minimum Gasteiger partial charge on any atom is -0.481 e. The SMILES string of the molecule is Cc1ccc([C@@H]2[C@@H](c3cccc(Cl)c3)O[C@H](CC(=O)O)C(=O)N2CC2CC2)cc1. The van der Waals surface area contributed by atoms with E-state index in [1.54, 1.807) is 6.07 Å². The summed E-state index contributed by atoms with van der Waals surface area (Å²) in [6, 6.07) is 15.1. The Morgan fingerprint density at radius 3 is 2.52 bits per heavy atom. The van der Waals surface area contributed by atoms with Crippen LogP contribution in [0.25, 0.3) is 0 Å². The van der Waals surface area contributed by atoms with E-state index in [2.05, 4.69) is 0 Å². The highest BCUT2D eigenvalue weighted by molar-refractivity contribution is 6.30. The minimum absolute atomic E-state index is 0.247. The van der Waals surface area contributed by atoms with E-state index in [1.165, 1.54) is 0 Å². The number of carbonyl (C=O) groups is 2. The standard InChI is InChI=1S/C23H24ClNO4/c1-14-5-9-16(10-6-14)21-22(17-3-2-4-18(24)11-17)29-19(12-20(26)27)23(28)25(21)13-15-7-8-15/h2-6,9-11,15,19,21-22H,7-8,12-13H2,1H3,(H,26,27)/t19-,21-,22-/m1/s1. The van der Waals surface area contributed by atoms with Gasteiger partial charge >= 0.3 is 5.97 Å². The van der Waals surface area contributed by atoms with Gasteiger partial charge in [0.2, 0.25) is 0 Å². The summed E-state index contributed by atoms with van der Waals surface area (Å²) in [5, 5.41) is 9.88. The molecule has 2 aromatic rings. The van der Waals surface area contributed by atoms with Gasteiger partial charge in [0.1, 0.15) is 12.2 Å². The van der Waals surface area contributed by atoms with Crippen molar-refractivity contribution in [2.24, 2.45) is 5.92 Å². The quantitative estimate of drug-likeness (QED) is 0.754. The van der Waals surface area contributed by atoms with Gasteiger partial charge in [0.05, 0.1) is 12.5 Å². The maximum atomic E-state index is 13.2. The minimum atomic E-state index is -1.05. The second kappa shape index (κ2) is 8.17. The van der Waals surface area contributed by atoms with Crippen LogP contribution in [-0.2, 0) is 14.3 Å². The number of hydrogen-bond acceptors (Lipinski definition) is 3. The predicted molar refractivity (Wildman–Crippen MR) is 110 cm³/mol. The lowest BCUT2D eigenvalue weighted by Gasteiger charge is -2.45. The molecule has 5 nitrogen and oxygen atoms in total. The Kier molecular flexibility index (Phi) is 5.61. The molecule has 0 aromatic heterocycles. The van der Waals surface area contributed by atoms with Crippen LogP contribution in [0.15, 0.2) is 48.5 Å². The molecule has 152 valence electrons. The van der Waals surface area contributed by atoms with Crippen molar-refractivity contribution in [2.45, 2.75) is 44.4 Å². The molecule has 6 heteroatoms. The maximum absolute atomic E-state index is 13.2. The summed E-state index contributed by atoms with van der Waals surface area (Å²) < 4.78 is 6.15. The van der Waals surface area contributed by atoms with Crippen molar-refractivity contribution < 1.29 is 19.4 Å². The fourth-order valence-electron chi connectivity index (χ4n) is 3.93. The van der Waals surface area contributed by atoms with Crippen LogP contribution in [0.1, 0.15) is 48.1 Å². The van der Waals surface area contributed by atoms with Gasteiger partial charge < -0.3 is 14.7 Å². The second-order valence-electron chi connectivity index (χ2n) is 7.99. The van der Waals surface area contributed by atoms with E-state index < -0.39 is 18.2 Å². The maximum Gasteiger partial charge on any atom is 0.306 e. The van der Waals surface area contributed by atoms with E-state index in [1.807, 2.05) is 54.3 Å². The number of hydrogen-bond donors (Lipinski definition) is 1. The van der Waals surface area contributed by atoms with Crippen molar-refractivity contribution in [3.05, 3.63) is 70.2 Å². The van der Waals surface area contributed by atoms with Crippen molar-refractivity contribution in [3.63, 3.8) is 0 Å². The number of halogens is 1. The van der Waals surface area contributed by atoms with Crippen LogP contribution in [0.5, 0.6) is 0 Å². The summed E-state index contributed by atoms with van der Waals surface area (Å²) in [5.41, 5.74) is 2.95. The highest BCUT2D eigenvalue weighted by atomic mass is 35.5. The number of nitrogens with zero attached hydrogens (tertiary/aromatic N) is 1. The number of aryl methyl sites for hydroxylation is 1. The molecule has 2 aromatic carbocycles. The number of morpholine rings is 1. The van der Waals surface area contributed by atoms with Gasteiger partial charge in [-0.1, -0.05) is 53.6 Å². The molecule has 0 bridgehead atoms. The zero-order valence-electron chi connectivity index (χ0n) is 16.3. The largest absolute Gasteiger partial charge is 0.481 e. The summed E-state index contributed by atoms with van der Waals surface area (Å²) in [6.45, 7) is 2.64. The molecular formula is C23H24ClNO4. The average molecular weight is 414 g/mol. The number of ether oxygens (including phenoxy) is 1. The molecule has 1 aliphatic carbocycles. The van der Waals surface area contributed by atoms with Crippen LogP contribution in [0.3, 0.4) is 0 Å². The molecular weight excluding hydrogens is 390 g/mol. The average Bonchev–Trinajstić information content (AvgIpc) is 3.49. The lowest BCUT2D eigenvalue weighted by molar-refractivity contribution is -0.179. The van der Waals surface area contributed by atoms with E-state index in [4.69, 9.17) is 16.3 Å². The Bertz CT molecular complexity index is 909. The smallest absolute Gasteiger partial charge is 0.306 e. The molecule has 1 saturated carbocycles. The van der Waals surface area contributed by atoms with Crippen LogP contribution in [0.2, 0.25) is 5.02 Å². The highest BCUT2D eigenvalue weighted by Crippen LogP contribution is 2.45. The van der Waals surface area contributed by atoms with Gasteiger partial charge in [0, 0.05) is 11.6 Å². The second-order valence-corrected chi connectivity index (χ2v) is 8.42. The molecule has 29 heavy (non-hydrogen) atoms. The monoisotopic (exact) mass is 413 g/mol. The summed E-state index contributed by atoms with van der Waals surface area (Å²) in [6.07, 6.45) is 0.347. The Morgan fingerprint density at radius 2 is 1.90 bits per heavy atom. The molecule has 0 spiro atoms. The number of rotatable bonds is 6. The zero-order valence-corrected chi connectivity index (χ0v) is 17.0. The third kappa shape index (κ3) is 4.46. The highest BCUT2D eigenvalue weighted by Gasteiger charge is 2.46. The van der Waals surface area contributed by atoms with Gasteiger partial charge in [-0.25, -0.2) is 0 Å². The molecule has 0 unspecified atom stereocenters. The Morgan fingerprint density at radius 1 is 1.17 bits per heavy atom. The van der Waals surface area contributed by atoms with Crippen LogP contribution in [0, 0.1) is 12.8 Å². The molecule has 1 saturated heterocycles. The van der Waals surface area contributed by atoms with Crippen molar-refractivity contribution >= 4 is 23.5 Å². The van der Waals surface area contributed by atoms with Gasteiger partial charge in [0.25, 0.3) is 5.91 Å². The van der Waals surface area contributed by atoms with Crippen LogP contribution in [0.4, 0.5) is 0 Å². The van der Waals surface area contributed by atoms with Crippen molar-refractivity contribution in [3.8, 4) is 0 Å². The van der Waals surface area contributed by atoms with Crippen LogP contribution in [-0.4, -0.2) is 34.5 Å². The lowest BCUT2D eigenvalue weighted by Crippen LogP contribution is -2.52. The van der Waals surface area contributed by atoms with Gasteiger partial charge in [-0.15, -0.1) is 0 Å². The third-order valence-electron chi connectivity index (χ3n) is 5.60. The number of benzene rings is 2. The first kappa shape index (κ1) is 19.9. The van der Waals surface area contributed by atoms with Gasteiger partial charge in [0.15, 0.2) is 0 Å². The molecule has 0 radical (unpaired) electrons. The fraction of sp³-hybridized carbons (Fsp3) is 0.391. The number of carboxylic acid groups (broad SMARTS) is 1. The topological polar surface area (TPSA) is 66.8 Å². The summed E-state index contributed by atoms with van der Waals surface area (Å²) >= 11 is 6.23. The molecule has 1 N–H and O–H groups in total. The van der Waals surface area contributed by atoms with E-state index in [0.717, 1.165) is 29.5 Å². The number of carbonyl (C=O) groups excluding carboxylic acids is 1. The van der Waals surface area contributed by atoms with E-state index in [0.29, 0.717) is 17.5 Å². The van der Waals surface area contributed by atoms with Crippen molar-refractivity contribution in [2.75, 3.05) is 6.54 Å². The lowest BCUT2D eigenvalue weighted by atomic mass is 9.90. The molecule has 2 aliphatic rings. The van der Waals surface area contributed by atoms with Gasteiger partial charge in [-0.05, 0) is 48.9 Å². The van der Waals surface area contributed by atoms with Gasteiger partial charge in [-0.2, -0.15) is 0 Å². The third-order valence-corrected chi connectivity index (χ3v) is 5.83. The van der Waals surface area contributed by atoms with Gasteiger partial charge in [-0.3, -0.25) is 9.59 Å². The number of amides is 1. The first-order valence-electron chi connectivity index (χ1n) is 9.92. The number of carboxylic acids is 1. The predicted octanol–water partition coefficient (Wildman–Crippen LogP) is 4.54. The molecule has 2 fully saturated rings. The molecule has 3 atom stereocenters. The van der Waals surface area contributed by atoms with Crippen LogP contribution < -0.4 is 0 Å². The Hall–Kier alpha value is -2.37. The number of aliphatic carboxylic acids is 1. The molecule has 1 amide bonds. The van der Waals surface area contributed by atoms with Crippen molar-refractivity contribution in [1.82, 2.24) is 4.90 Å². The van der Waals surface area contributed by atoms with Crippen molar-refractivity contribution in [1.29, 1.82) is 0 Å². The first-order chi connectivity index (χ1) is 13.9. The fourth-order valence-corrected chi connectivity index (χ4v) is 4.13. The van der Waals surface area contributed by atoms with Crippen LogP contribution >= 0.6 is 11.6 Å². The molecule has 4 rings (SSSR count). The van der Waals surface area contributed by atoms with E-state index in [9.17, 15) is 14.7 Å². The Labute approximate surface area is 175 Å². The summed E-state index contributed by atoms with van der Waals surface area (Å²) in [7, 11) is 0. The van der Waals surface area contributed by atoms with E-state index in [-0.39, 0.29) is 18.4 Å².